The number of hydrogen-bond acceptors (Lipinski definition) is 3. The van der Waals surface area contributed by atoms with Gasteiger partial charge >= 0.3 is 6.18 Å². The number of hydrogen-bond donors (Lipinski definition) is 0. The Morgan fingerprint density at radius 3 is 2.56 bits per heavy atom. The van der Waals surface area contributed by atoms with Gasteiger partial charge in [-0.1, -0.05) is 48.0 Å². The molecule has 140 valence electrons. The van der Waals surface area contributed by atoms with Crippen LogP contribution in [0.5, 0.6) is 0 Å². The summed E-state index contributed by atoms with van der Waals surface area (Å²) in [5, 5.41) is 4.38. The van der Waals surface area contributed by atoms with E-state index in [4.69, 9.17) is 0 Å². The van der Waals surface area contributed by atoms with E-state index in [0.717, 1.165) is 17.0 Å². The van der Waals surface area contributed by atoms with E-state index in [-0.39, 0.29) is 11.5 Å². The first-order valence-corrected chi connectivity index (χ1v) is 8.90. The maximum Gasteiger partial charge on any atom is 0.417 e. The van der Waals surface area contributed by atoms with Crippen molar-refractivity contribution in [2.45, 2.75) is 25.9 Å². The highest BCUT2D eigenvalue weighted by Gasteiger charge is 2.32. The van der Waals surface area contributed by atoms with Crippen LogP contribution in [0, 0.1) is 0 Å². The first-order chi connectivity index (χ1) is 12.7. The summed E-state index contributed by atoms with van der Waals surface area (Å²) >= 11 is 3.31. The van der Waals surface area contributed by atoms with Crippen LogP contribution < -0.4 is 5.56 Å². The van der Waals surface area contributed by atoms with Gasteiger partial charge < -0.3 is 0 Å². The minimum Gasteiger partial charge on any atom is -0.267 e. The fourth-order valence-corrected chi connectivity index (χ4v) is 3.00. The van der Waals surface area contributed by atoms with E-state index in [1.165, 1.54) is 18.2 Å². The first-order valence-electron chi connectivity index (χ1n) is 8.11. The molecule has 0 aliphatic carbocycles. The summed E-state index contributed by atoms with van der Waals surface area (Å²) in [6.07, 6.45) is -3.47. The van der Waals surface area contributed by atoms with Gasteiger partial charge in [-0.05, 0) is 24.3 Å². The van der Waals surface area contributed by atoms with Crippen LogP contribution in [0.2, 0.25) is 0 Å². The molecule has 0 saturated carbocycles. The van der Waals surface area contributed by atoms with Gasteiger partial charge in [-0.25, -0.2) is 4.98 Å². The summed E-state index contributed by atoms with van der Waals surface area (Å²) in [5.41, 5.74) is -0.870. The summed E-state index contributed by atoms with van der Waals surface area (Å²) in [6, 6.07) is 10.2. The molecule has 0 atom stereocenters. The van der Waals surface area contributed by atoms with Gasteiger partial charge in [0.1, 0.15) is 5.82 Å². The minimum absolute atomic E-state index is 0.124. The summed E-state index contributed by atoms with van der Waals surface area (Å²) in [7, 11) is 0. The topological polar surface area (TPSA) is 47.2 Å². The highest BCUT2D eigenvalue weighted by molar-refractivity contribution is 9.10. The number of halogens is 4. The fraction of sp³-hybridized carbons (Fsp3) is 0.211. The van der Waals surface area contributed by atoms with Crippen molar-refractivity contribution in [1.29, 1.82) is 0 Å². The van der Waals surface area contributed by atoms with Gasteiger partial charge in [0.25, 0.3) is 5.56 Å². The Balaban J connectivity index is 2.20. The second-order valence-corrected chi connectivity index (χ2v) is 7.15. The monoisotopic (exact) mass is 437 g/mol. The fourth-order valence-electron chi connectivity index (χ4n) is 2.64. The molecule has 0 saturated heterocycles. The molecule has 0 aliphatic rings. The Morgan fingerprint density at radius 1 is 1.19 bits per heavy atom. The van der Waals surface area contributed by atoms with Crippen molar-refractivity contribution in [3.63, 3.8) is 0 Å². The number of rotatable bonds is 3. The van der Waals surface area contributed by atoms with Crippen LogP contribution in [-0.4, -0.2) is 15.9 Å². The summed E-state index contributed by atoms with van der Waals surface area (Å²) < 4.78 is 41.3. The Kier molecular flexibility index (Phi) is 5.19. The summed E-state index contributed by atoms with van der Waals surface area (Å²) in [4.78, 5) is 17.3. The third kappa shape index (κ3) is 3.95. The van der Waals surface area contributed by atoms with Crippen molar-refractivity contribution in [3.05, 3.63) is 74.2 Å². The molecular formula is C19H15BrF3N3O. The maximum atomic E-state index is 13.2. The Hall–Kier alpha value is -2.48. The molecule has 3 rings (SSSR count). The molecule has 3 aromatic rings. The molecule has 27 heavy (non-hydrogen) atoms. The third-order valence-corrected chi connectivity index (χ3v) is 4.42. The molecule has 0 unspecified atom stereocenters. The second kappa shape index (κ2) is 7.26. The summed E-state index contributed by atoms with van der Waals surface area (Å²) in [6.45, 7) is 3.67. The molecule has 8 heteroatoms. The van der Waals surface area contributed by atoms with Crippen molar-refractivity contribution in [2.24, 2.45) is 5.10 Å². The van der Waals surface area contributed by atoms with Crippen LogP contribution in [-0.2, 0) is 6.18 Å². The molecular weight excluding hydrogens is 423 g/mol. The average Bonchev–Trinajstić information content (AvgIpc) is 2.60. The van der Waals surface area contributed by atoms with E-state index in [0.29, 0.717) is 21.2 Å². The molecule has 0 radical (unpaired) electrons. The largest absolute Gasteiger partial charge is 0.417 e. The molecule has 0 spiro atoms. The van der Waals surface area contributed by atoms with Gasteiger partial charge in [0.2, 0.25) is 0 Å². The minimum atomic E-state index is -4.51. The second-order valence-electron chi connectivity index (χ2n) is 6.23. The Morgan fingerprint density at radius 2 is 1.89 bits per heavy atom. The van der Waals surface area contributed by atoms with Crippen LogP contribution >= 0.6 is 15.9 Å². The van der Waals surface area contributed by atoms with Crippen LogP contribution in [0.1, 0.15) is 36.7 Å². The van der Waals surface area contributed by atoms with Crippen molar-refractivity contribution >= 4 is 33.0 Å². The Labute approximate surface area is 161 Å². The Bertz CT molecular complexity index is 1090. The molecule has 0 fully saturated rings. The van der Waals surface area contributed by atoms with Crippen molar-refractivity contribution in [2.75, 3.05) is 0 Å². The first kappa shape index (κ1) is 19.3. The lowest BCUT2D eigenvalue weighted by molar-refractivity contribution is -0.137. The number of alkyl halides is 3. The van der Waals surface area contributed by atoms with E-state index in [2.05, 4.69) is 26.0 Å². The molecule has 4 nitrogen and oxygen atoms in total. The van der Waals surface area contributed by atoms with E-state index in [9.17, 15) is 18.0 Å². The third-order valence-electron chi connectivity index (χ3n) is 3.93. The molecule has 0 aliphatic heterocycles. The lowest BCUT2D eigenvalue weighted by Crippen LogP contribution is -2.23. The van der Waals surface area contributed by atoms with Gasteiger partial charge in [0, 0.05) is 16.0 Å². The van der Waals surface area contributed by atoms with Gasteiger partial charge in [-0.3, -0.25) is 4.79 Å². The van der Waals surface area contributed by atoms with Crippen LogP contribution in [0.4, 0.5) is 13.2 Å². The number of nitrogens with zero attached hydrogens (tertiary/aromatic N) is 3. The van der Waals surface area contributed by atoms with Crippen molar-refractivity contribution < 1.29 is 13.2 Å². The normalized spacial score (nSPS) is 12.4. The van der Waals surface area contributed by atoms with E-state index >= 15 is 0 Å². The van der Waals surface area contributed by atoms with E-state index in [1.54, 1.807) is 18.2 Å². The maximum absolute atomic E-state index is 13.2. The predicted molar refractivity (Wildman–Crippen MR) is 102 cm³/mol. The zero-order chi connectivity index (χ0) is 19.8. The predicted octanol–water partition coefficient (Wildman–Crippen LogP) is 5.18. The van der Waals surface area contributed by atoms with Crippen LogP contribution in [0.3, 0.4) is 0 Å². The zero-order valence-electron chi connectivity index (χ0n) is 14.5. The molecule has 0 N–H and O–H groups in total. The SMILES string of the molecule is CC(C)c1nc2ccc(Br)cc2c(=O)n1N=Cc1ccccc1C(F)(F)F. The van der Waals surface area contributed by atoms with E-state index in [1.807, 2.05) is 13.8 Å². The number of fused-ring (bicyclic) bond motifs is 1. The van der Waals surface area contributed by atoms with Crippen molar-refractivity contribution in [1.82, 2.24) is 9.66 Å². The van der Waals surface area contributed by atoms with Gasteiger partial charge in [0.05, 0.1) is 22.7 Å². The van der Waals surface area contributed by atoms with Crippen LogP contribution in [0.15, 0.2) is 56.8 Å². The lowest BCUT2D eigenvalue weighted by atomic mass is 10.1. The standard InChI is InChI=1S/C19H15BrF3N3O/c1-11(2)17-25-16-8-7-13(20)9-14(16)18(27)26(17)24-10-12-5-3-4-6-15(12)19(21,22)23/h3-11H,1-2H3. The summed E-state index contributed by atoms with van der Waals surface area (Å²) in [5.74, 6) is 0.219. The van der Waals surface area contributed by atoms with E-state index < -0.39 is 17.3 Å². The number of aromatic nitrogens is 2. The van der Waals surface area contributed by atoms with Gasteiger partial charge in [-0.2, -0.15) is 22.9 Å². The molecule has 1 aromatic heterocycles. The van der Waals surface area contributed by atoms with Gasteiger partial charge in [0.15, 0.2) is 0 Å². The average molecular weight is 438 g/mol. The molecule has 2 aromatic carbocycles. The lowest BCUT2D eigenvalue weighted by Gasteiger charge is -2.13. The number of benzene rings is 2. The highest BCUT2D eigenvalue weighted by atomic mass is 79.9. The van der Waals surface area contributed by atoms with Crippen LogP contribution in [0.25, 0.3) is 10.9 Å². The highest BCUT2D eigenvalue weighted by Crippen LogP contribution is 2.31. The van der Waals surface area contributed by atoms with Crippen molar-refractivity contribution in [3.8, 4) is 0 Å². The molecule has 0 amide bonds. The molecule has 1 heterocycles. The zero-order valence-corrected chi connectivity index (χ0v) is 16.0. The smallest absolute Gasteiger partial charge is 0.267 e. The molecule has 0 bridgehead atoms. The quantitative estimate of drug-likeness (QED) is 0.529. The van der Waals surface area contributed by atoms with Gasteiger partial charge in [-0.15, -0.1) is 0 Å².